The van der Waals surface area contributed by atoms with Crippen molar-refractivity contribution in [3.63, 3.8) is 0 Å². The van der Waals surface area contributed by atoms with Crippen LogP contribution in [0.3, 0.4) is 0 Å². The Kier molecular flexibility index (Phi) is 3.99. The topological polar surface area (TPSA) is 41.5 Å². The highest BCUT2D eigenvalue weighted by atomic mass is 16.5. The van der Waals surface area contributed by atoms with Crippen LogP contribution in [-0.2, 0) is 0 Å². The largest absolute Gasteiger partial charge is 0.493 e. The monoisotopic (exact) mass is 275 g/mol. The molecule has 0 amide bonds. The summed E-state index contributed by atoms with van der Waals surface area (Å²) >= 11 is 0. The Balaban J connectivity index is 1.80. The average molecular weight is 275 g/mol. The van der Waals surface area contributed by atoms with Crippen molar-refractivity contribution in [1.82, 2.24) is 5.32 Å². The third-order valence-corrected chi connectivity index (χ3v) is 5.06. The first-order valence-corrected chi connectivity index (χ1v) is 7.88. The average Bonchev–Trinajstić information content (AvgIpc) is 2.48. The third kappa shape index (κ3) is 2.57. The molecule has 3 nitrogen and oxygen atoms in total. The zero-order chi connectivity index (χ0) is 14.0. The van der Waals surface area contributed by atoms with Crippen LogP contribution in [-0.4, -0.2) is 30.4 Å². The summed E-state index contributed by atoms with van der Waals surface area (Å²) in [7, 11) is 0. The molecule has 1 saturated heterocycles. The fourth-order valence-electron chi connectivity index (χ4n) is 3.82. The molecule has 3 heteroatoms. The van der Waals surface area contributed by atoms with Crippen molar-refractivity contribution >= 4 is 0 Å². The second-order valence-electron chi connectivity index (χ2n) is 6.24. The molecule has 0 aromatic heterocycles. The van der Waals surface area contributed by atoms with Crippen LogP contribution in [0.1, 0.15) is 44.1 Å². The molecule has 2 aliphatic rings. The van der Waals surface area contributed by atoms with Crippen LogP contribution in [0.15, 0.2) is 24.3 Å². The first-order chi connectivity index (χ1) is 9.73. The summed E-state index contributed by atoms with van der Waals surface area (Å²) in [6.45, 7) is 4.82. The van der Waals surface area contributed by atoms with E-state index in [1.807, 2.05) is 12.1 Å². The molecule has 2 heterocycles. The van der Waals surface area contributed by atoms with Gasteiger partial charge in [0.05, 0.1) is 12.2 Å². The van der Waals surface area contributed by atoms with E-state index in [0.717, 1.165) is 51.1 Å². The number of piperidine rings is 1. The quantitative estimate of drug-likeness (QED) is 0.891. The van der Waals surface area contributed by atoms with Gasteiger partial charge in [0.2, 0.25) is 0 Å². The van der Waals surface area contributed by atoms with E-state index in [0.29, 0.717) is 11.8 Å². The Bertz CT molecular complexity index is 462. The highest BCUT2D eigenvalue weighted by Gasteiger charge is 2.40. The minimum Gasteiger partial charge on any atom is -0.493 e. The molecule has 3 atom stereocenters. The Morgan fingerprint density at radius 2 is 2.25 bits per heavy atom. The lowest BCUT2D eigenvalue weighted by molar-refractivity contribution is -0.0558. The lowest BCUT2D eigenvalue weighted by atomic mass is 9.72. The second kappa shape index (κ2) is 5.74. The molecule has 1 aromatic carbocycles. The summed E-state index contributed by atoms with van der Waals surface area (Å²) in [5.74, 6) is 1.80. The molecule has 110 valence electrons. The standard InChI is InChI=1S/C17H25NO2/c1-2-14-12-18-9-8-17(14,19)11-13-7-10-20-16-6-4-3-5-15(13)16/h3-6,13-14,18-19H,2,7-12H2,1H3. The number of rotatable bonds is 3. The summed E-state index contributed by atoms with van der Waals surface area (Å²) in [6.07, 6.45) is 3.79. The Labute approximate surface area is 121 Å². The van der Waals surface area contributed by atoms with Gasteiger partial charge in [-0.05, 0) is 55.7 Å². The van der Waals surface area contributed by atoms with Gasteiger partial charge < -0.3 is 15.2 Å². The van der Waals surface area contributed by atoms with Crippen LogP contribution in [0.2, 0.25) is 0 Å². The molecule has 0 bridgehead atoms. The van der Waals surface area contributed by atoms with Crippen molar-refractivity contribution in [3.05, 3.63) is 29.8 Å². The van der Waals surface area contributed by atoms with Gasteiger partial charge in [0, 0.05) is 6.54 Å². The van der Waals surface area contributed by atoms with E-state index in [-0.39, 0.29) is 0 Å². The van der Waals surface area contributed by atoms with E-state index in [9.17, 15) is 5.11 Å². The summed E-state index contributed by atoms with van der Waals surface area (Å²) in [5.41, 5.74) is 0.760. The number of fused-ring (bicyclic) bond motifs is 1. The van der Waals surface area contributed by atoms with E-state index < -0.39 is 5.60 Å². The van der Waals surface area contributed by atoms with Crippen molar-refractivity contribution in [2.24, 2.45) is 5.92 Å². The fourth-order valence-corrected chi connectivity index (χ4v) is 3.82. The minimum atomic E-state index is -0.519. The number of ether oxygens (including phenoxy) is 1. The maximum absolute atomic E-state index is 11.1. The first kappa shape index (κ1) is 13.9. The molecule has 0 radical (unpaired) electrons. The highest BCUT2D eigenvalue weighted by molar-refractivity contribution is 5.38. The summed E-state index contributed by atoms with van der Waals surface area (Å²) in [5, 5.41) is 14.5. The molecule has 0 spiro atoms. The van der Waals surface area contributed by atoms with Gasteiger partial charge in [-0.3, -0.25) is 0 Å². The smallest absolute Gasteiger partial charge is 0.122 e. The summed E-state index contributed by atoms with van der Waals surface area (Å²) < 4.78 is 5.73. The van der Waals surface area contributed by atoms with Crippen LogP contribution < -0.4 is 10.1 Å². The lowest BCUT2D eigenvalue weighted by Crippen LogP contribution is -2.51. The molecular weight excluding hydrogens is 250 g/mol. The maximum atomic E-state index is 11.1. The van der Waals surface area contributed by atoms with Crippen molar-refractivity contribution < 1.29 is 9.84 Å². The molecule has 1 aromatic rings. The van der Waals surface area contributed by atoms with Crippen molar-refractivity contribution in [1.29, 1.82) is 0 Å². The van der Waals surface area contributed by atoms with Crippen LogP contribution >= 0.6 is 0 Å². The molecule has 0 saturated carbocycles. The van der Waals surface area contributed by atoms with Gasteiger partial charge in [-0.1, -0.05) is 25.1 Å². The van der Waals surface area contributed by atoms with E-state index in [2.05, 4.69) is 24.4 Å². The Morgan fingerprint density at radius 3 is 3.10 bits per heavy atom. The Hall–Kier alpha value is -1.06. The zero-order valence-corrected chi connectivity index (χ0v) is 12.3. The van der Waals surface area contributed by atoms with Gasteiger partial charge in [0.15, 0.2) is 0 Å². The van der Waals surface area contributed by atoms with Crippen LogP contribution in [0.5, 0.6) is 5.75 Å². The molecule has 2 aliphatic heterocycles. The summed E-state index contributed by atoms with van der Waals surface area (Å²) in [4.78, 5) is 0. The predicted octanol–water partition coefficient (Wildman–Crippen LogP) is 2.69. The van der Waals surface area contributed by atoms with Gasteiger partial charge in [0.1, 0.15) is 5.75 Å². The number of nitrogens with one attached hydrogen (secondary N) is 1. The zero-order valence-electron chi connectivity index (χ0n) is 12.3. The van der Waals surface area contributed by atoms with Gasteiger partial charge in [0.25, 0.3) is 0 Å². The van der Waals surface area contributed by atoms with E-state index in [1.165, 1.54) is 5.56 Å². The Morgan fingerprint density at radius 1 is 1.40 bits per heavy atom. The minimum absolute atomic E-state index is 0.367. The summed E-state index contributed by atoms with van der Waals surface area (Å²) in [6, 6.07) is 8.30. The molecular formula is C17H25NO2. The second-order valence-corrected chi connectivity index (χ2v) is 6.24. The van der Waals surface area contributed by atoms with Gasteiger partial charge in [-0.15, -0.1) is 0 Å². The first-order valence-electron chi connectivity index (χ1n) is 7.88. The predicted molar refractivity (Wildman–Crippen MR) is 80.1 cm³/mol. The molecule has 20 heavy (non-hydrogen) atoms. The van der Waals surface area contributed by atoms with Crippen LogP contribution in [0, 0.1) is 5.92 Å². The van der Waals surface area contributed by atoms with Crippen LogP contribution in [0.4, 0.5) is 0 Å². The molecule has 3 unspecified atom stereocenters. The van der Waals surface area contributed by atoms with Gasteiger partial charge in [-0.25, -0.2) is 0 Å². The molecule has 3 rings (SSSR count). The van der Waals surface area contributed by atoms with Crippen LogP contribution in [0.25, 0.3) is 0 Å². The molecule has 1 fully saturated rings. The molecule has 2 N–H and O–H groups in total. The van der Waals surface area contributed by atoms with Gasteiger partial charge >= 0.3 is 0 Å². The maximum Gasteiger partial charge on any atom is 0.122 e. The lowest BCUT2D eigenvalue weighted by Gasteiger charge is -2.43. The van der Waals surface area contributed by atoms with E-state index in [4.69, 9.17) is 4.74 Å². The van der Waals surface area contributed by atoms with Crippen molar-refractivity contribution in [3.8, 4) is 5.75 Å². The number of aliphatic hydroxyl groups is 1. The SMILES string of the molecule is CCC1CNCCC1(O)CC1CCOc2ccccc21. The number of hydrogen-bond donors (Lipinski definition) is 2. The van der Waals surface area contributed by atoms with Gasteiger partial charge in [-0.2, -0.15) is 0 Å². The third-order valence-electron chi connectivity index (χ3n) is 5.06. The number of benzene rings is 1. The highest BCUT2D eigenvalue weighted by Crippen LogP contribution is 2.42. The number of para-hydroxylation sites is 1. The van der Waals surface area contributed by atoms with E-state index >= 15 is 0 Å². The fraction of sp³-hybridized carbons (Fsp3) is 0.647. The van der Waals surface area contributed by atoms with Crippen molar-refractivity contribution in [2.45, 2.75) is 44.1 Å². The van der Waals surface area contributed by atoms with E-state index in [1.54, 1.807) is 0 Å². The normalized spacial score (nSPS) is 33.3. The van der Waals surface area contributed by atoms with Crippen molar-refractivity contribution in [2.75, 3.05) is 19.7 Å². The molecule has 0 aliphatic carbocycles. The number of hydrogen-bond acceptors (Lipinski definition) is 3.